The maximum absolute atomic E-state index is 10.3. The van der Waals surface area contributed by atoms with Gasteiger partial charge in [0.25, 0.3) is 0 Å². The summed E-state index contributed by atoms with van der Waals surface area (Å²) in [6.45, 7) is 2.47. The summed E-state index contributed by atoms with van der Waals surface area (Å²) in [5.74, 6) is 1.17. The van der Waals surface area contributed by atoms with Crippen LogP contribution in [0.4, 0.5) is 0 Å². The van der Waals surface area contributed by atoms with Crippen LogP contribution in [0, 0.1) is 0 Å². The van der Waals surface area contributed by atoms with E-state index in [2.05, 4.69) is 23.2 Å². The topological polar surface area (TPSA) is 51.6 Å². The lowest BCUT2D eigenvalue weighted by molar-refractivity contribution is -0.212. The molecule has 2 fully saturated rings. The molecule has 0 aliphatic heterocycles. The van der Waals surface area contributed by atoms with Gasteiger partial charge in [-0.25, -0.2) is 4.98 Å². The predicted molar refractivity (Wildman–Crippen MR) is 106 cm³/mol. The van der Waals surface area contributed by atoms with Gasteiger partial charge in [-0.05, 0) is 61.8 Å². The number of nitrogens with zero attached hydrogens (tertiary/aromatic N) is 1. The van der Waals surface area contributed by atoms with Crippen LogP contribution in [0.15, 0.2) is 48.2 Å². The van der Waals surface area contributed by atoms with E-state index in [1.807, 2.05) is 37.4 Å². The normalized spacial score (nSPS) is 22.5. The van der Waals surface area contributed by atoms with Crippen LogP contribution in [0.25, 0.3) is 6.08 Å². The van der Waals surface area contributed by atoms with Gasteiger partial charge in [-0.2, -0.15) is 0 Å². The molecule has 1 aromatic heterocycles. The predicted octanol–water partition coefficient (Wildman–Crippen LogP) is 5.43. The van der Waals surface area contributed by atoms with E-state index in [4.69, 9.17) is 9.47 Å². The number of ether oxygens (including phenoxy) is 2. The third-order valence-corrected chi connectivity index (χ3v) is 5.35. The van der Waals surface area contributed by atoms with Gasteiger partial charge in [0.15, 0.2) is 5.79 Å². The van der Waals surface area contributed by atoms with Crippen molar-refractivity contribution in [3.63, 3.8) is 0 Å². The number of benzene rings is 1. The largest absolute Gasteiger partial charge is 0.439 e. The van der Waals surface area contributed by atoms with E-state index >= 15 is 0 Å². The fourth-order valence-corrected chi connectivity index (χ4v) is 3.65. The van der Waals surface area contributed by atoms with E-state index in [1.54, 1.807) is 0 Å². The number of rotatable bonds is 6. The lowest BCUT2D eigenvalue weighted by Gasteiger charge is -2.32. The third kappa shape index (κ3) is 4.76. The first kappa shape index (κ1) is 18.2. The summed E-state index contributed by atoms with van der Waals surface area (Å²) < 4.78 is 11.4. The summed E-state index contributed by atoms with van der Waals surface area (Å²) >= 11 is 0. The molecule has 0 unspecified atom stereocenters. The van der Waals surface area contributed by atoms with Crippen molar-refractivity contribution in [2.75, 3.05) is 6.61 Å². The number of aromatic nitrogens is 1. The summed E-state index contributed by atoms with van der Waals surface area (Å²) in [6.07, 6.45) is 9.70. The fraction of sp³-hybridized carbons (Fsp3) is 0.435. The molecule has 27 heavy (non-hydrogen) atoms. The van der Waals surface area contributed by atoms with Crippen LogP contribution in [0.1, 0.15) is 62.5 Å². The molecule has 2 saturated carbocycles. The van der Waals surface area contributed by atoms with E-state index < -0.39 is 5.79 Å². The van der Waals surface area contributed by atoms with E-state index in [9.17, 15) is 5.11 Å². The van der Waals surface area contributed by atoms with Gasteiger partial charge >= 0.3 is 0 Å². The number of pyridine rings is 1. The molecule has 0 atom stereocenters. The molecule has 1 N–H and O–H groups in total. The standard InChI is InChI=1S/C23H27NO3/c1-2-26-23(25)12-10-17(11-13-23)14-18-4-3-5-21(15-18)27-22-9-8-20(16-24-22)19-6-7-19/h3-5,8-9,14-16,19,25H,2,6-7,10-13H2,1H3. The summed E-state index contributed by atoms with van der Waals surface area (Å²) in [7, 11) is 0. The van der Waals surface area contributed by atoms with Crippen molar-refractivity contribution in [2.24, 2.45) is 0 Å². The summed E-state index contributed by atoms with van der Waals surface area (Å²) in [6, 6.07) is 12.1. The van der Waals surface area contributed by atoms with Crippen LogP contribution in [-0.2, 0) is 4.74 Å². The minimum absolute atomic E-state index is 0.546. The Balaban J connectivity index is 1.40. The van der Waals surface area contributed by atoms with Crippen molar-refractivity contribution < 1.29 is 14.6 Å². The van der Waals surface area contributed by atoms with Crippen molar-refractivity contribution in [3.05, 3.63) is 59.3 Å². The molecule has 4 nitrogen and oxygen atoms in total. The van der Waals surface area contributed by atoms with E-state index in [0.717, 1.165) is 24.2 Å². The molecule has 2 aromatic rings. The van der Waals surface area contributed by atoms with Crippen LogP contribution in [0.5, 0.6) is 11.6 Å². The first-order valence-corrected chi connectivity index (χ1v) is 9.93. The SMILES string of the molecule is CCOC1(O)CCC(=Cc2cccc(Oc3ccc(C4CC4)cn3)c2)CC1. The van der Waals surface area contributed by atoms with Crippen LogP contribution in [0.3, 0.4) is 0 Å². The Morgan fingerprint density at radius 3 is 2.67 bits per heavy atom. The highest BCUT2D eigenvalue weighted by Crippen LogP contribution is 2.40. The molecule has 2 aliphatic carbocycles. The molecule has 4 heteroatoms. The van der Waals surface area contributed by atoms with Crippen molar-refractivity contribution >= 4 is 6.08 Å². The van der Waals surface area contributed by atoms with Gasteiger partial charge in [0.2, 0.25) is 5.88 Å². The van der Waals surface area contributed by atoms with E-state index in [1.165, 1.54) is 24.0 Å². The van der Waals surface area contributed by atoms with Gasteiger partial charge in [0, 0.05) is 31.7 Å². The fourth-order valence-electron chi connectivity index (χ4n) is 3.65. The van der Waals surface area contributed by atoms with Crippen LogP contribution >= 0.6 is 0 Å². The maximum Gasteiger partial charge on any atom is 0.219 e. The average Bonchev–Trinajstić information content (AvgIpc) is 3.50. The second-order valence-corrected chi connectivity index (χ2v) is 7.56. The lowest BCUT2D eigenvalue weighted by atomic mass is 9.88. The Hall–Kier alpha value is -2.17. The number of aliphatic hydroxyl groups is 1. The van der Waals surface area contributed by atoms with Gasteiger partial charge < -0.3 is 14.6 Å². The van der Waals surface area contributed by atoms with Crippen molar-refractivity contribution in [1.82, 2.24) is 4.98 Å². The Morgan fingerprint density at radius 2 is 2.00 bits per heavy atom. The van der Waals surface area contributed by atoms with Crippen LogP contribution in [0.2, 0.25) is 0 Å². The molecule has 0 bridgehead atoms. The average molecular weight is 365 g/mol. The lowest BCUT2D eigenvalue weighted by Crippen LogP contribution is -2.35. The minimum atomic E-state index is -0.949. The molecule has 142 valence electrons. The number of allylic oxidation sites excluding steroid dienone is 1. The zero-order chi connectivity index (χ0) is 18.7. The number of hydrogen-bond acceptors (Lipinski definition) is 4. The highest BCUT2D eigenvalue weighted by atomic mass is 16.6. The highest BCUT2D eigenvalue weighted by Gasteiger charge is 2.31. The summed E-state index contributed by atoms with van der Waals surface area (Å²) in [4.78, 5) is 4.43. The van der Waals surface area contributed by atoms with Crippen molar-refractivity contribution in [3.8, 4) is 11.6 Å². The molecule has 0 amide bonds. The van der Waals surface area contributed by atoms with Crippen LogP contribution in [-0.4, -0.2) is 22.5 Å². The van der Waals surface area contributed by atoms with Crippen LogP contribution < -0.4 is 4.74 Å². The Labute approximate surface area is 160 Å². The van der Waals surface area contributed by atoms with Gasteiger partial charge in [0.05, 0.1) is 0 Å². The second-order valence-electron chi connectivity index (χ2n) is 7.56. The Morgan fingerprint density at radius 1 is 1.19 bits per heavy atom. The third-order valence-electron chi connectivity index (χ3n) is 5.35. The molecular formula is C23H27NO3. The van der Waals surface area contributed by atoms with Gasteiger partial charge in [-0.3, -0.25) is 0 Å². The maximum atomic E-state index is 10.3. The van der Waals surface area contributed by atoms with Crippen molar-refractivity contribution in [1.29, 1.82) is 0 Å². The minimum Gasteiger partial charge on any atom is -0.439 e. The molecule has 1 heterocycles. The monoisotopic (exact) mass is 365 g/mol. The Kier molecular flexibility index (Phi) is 5.28. The molecule has 1 aromatic carbocycles. The molecule has 0 radical (unpaired) electrons. The van der Waals surface area contributed by atoms with Gasteiger partial charge in [-0.15, -0.1) is 0 Å². The summed E-state index contributed by atoms with van der Waals surface area (Å²) in [5.41, 5.74) is 3.76. The summed E-state index contributed by atoms with van der Waals surface area (Å²) in [5, 5.41) is 10.3. The van der Waals surface area contributed by atoms with E-state index in [-0.39, 0.29) is 0 Å². The zero-order valence-electron chi connectivity index (χ0n) is 15.9. The molecule has 4 rings (SSSR count). The zero-order valence-corrected chi connectivity index (χ0v) is 15.9. The smallest absolute Gasteiger partial charge is 0.219 e. The first-order chi connectivity index (χ1) is 13.1. The van der Waals surface area contributed by atoms with Gasteiger partial charge in [-0.1, -0.05) is 29.8 Å². The molecular weight excluding hydrogens is 338 g/mol. The van der Waals surface area contributed by atoms with Gasteiger partial charge in [0.1, 0.15) is 5.75 Å². The molecule has 0 spiro atoms. The highest BCUT2D eigenvalue weighted by molar-refractivity contribution is 5.55. The second kappa shape index (κ2) is 7.83. The molecule has 2 aliphatic rings. The quantitative estimate of drug-likeness (QED) is 0.693. The molecule has 0 saturated heterocycles. The Bertz CT molecular complexity index is 799. The van der Waals surface area contributed by atoms with Crippen molar-refractivity contribution in [2.45, 2.75) is 57.2 Å². The van der Waals surface area contributed by atoms with E-state index in [0.29, 0.717) is 31.2 Å². The first-order valence-electron chi connectivity index (χ1n) is 9.93. The number of hydrogen-bond donors (Lipinski definition) is 1.